The summed E-state index contributed by atoms with van der Waals surface area (Å²) in [5.74, 6) is 0.265. The molecule has 1 saturated heterocycles. The van der Waals surface area contributed by atoms with Crippen molar-refractivity contribution in [1.82, 2.24) is 14.9 Å². The number of nitrogens with zero attached hydrogens (tertiary/aromatic N) is 2. The topological polar surface area (TPSA) is 67.5 Å². The fourth-order valence-electron chi connectivity index (χ4n) is 2.98. The summed E-state index contributed by atoms with van der Waals surface area (Å²) in [6.07, 6.45) is 2.92. The molecule has 3 rings (SSSR count). The van der Waals surface area contributed by atoms with Crippen molar-refractivity contribution < 1.29 is 13.9 Å². The van der Waals surface area contributed by atoms with E-state index in [1.807, 2.05) is 0 Å². The van der Waals surface area contributed by atoms with E-state index in [-0.39, 0.29) is 17.5 Å². The minimum atomic E-state index is -0.255. The van der Waals surface area contributed by atoms with E-state index >= 15 is 0 Å². The van der Waals surface area contributed by atoms with Gasteiger partial charge in [-0.3, -0.25) is 9.69 Å². The molecule has 1 atom stereocenters. The van der Waals surface area contributed by atoms with Crippen molar-refractivity contribution in [2.75, 3.05) is 26.8 Å². The van der Waals surface area contributed by atoms with E-state index in [4.69, 9.17) is 9.47 Å². The van der Waals surface area contributed by atoms with Crippen molar-refractivity contribution in [1.29, 1.82) is 0 Å². The van der Waals surface area contributed by atoms with E-state index in [2.05, 4.69) is 14.9 Å². The second-order valence-corrected chi connectivity index (χ2v) is 6.13. The zero-order chi connectivity index (χ0) is 17.6. The molecule has 1 aromatic heterocycles. The monoisotopic (exact) mass is 347 g/mol. The normalized spacial score (nSPS) is 18.2. The third-order valence-electron chi connectivity index (χ3n) is 4.33. The molecule has 7 heteroatoms. The van der Waals surface area contributed by atoms with E-state index in [1.165, 1.54) is 25.6 Å². The van der Waals surface area contributed by atoms with Gasteiger partial charge in [0.15, 0.2) is 0 Å². The maximum absolute atomic E-state index is 14.1. The van der Waals surface area contributed by atoms with Crippen LogP contribution in [0.5, 0.6) is 5.75 Å². The average molecular weight is 347 g/mol. The van der Waals surface area contributed by atoms with Gasteiger partial charge in [0.1, 0.15) is 11.6 Å². The number of aromatic nitrogens is 2. The van der Waals surface area contributed by atoms with Gasteiger partial charge >= 0.3 is 0 Å². The number of benzene rings is 1. The molecular formula is C18H22FN3O3. The number of ether oxygens (including phenoxy) is 2. The van der Waals surface area contributed by atoms with E-state index in [0.29, 0.717) is 30.9 Å². The number of H-pyrrole nitrogens is 1. The molecule has 2 aromatic rings. The molecule has 0 aliphatic carbocycles. The quantitative estimate of drug-likeness (QED) is 0.862. The number of rotatable bonds is 6. The van der Waals surface area contributed by atoms with Gasteiger partial charge in [-0.05, 0) is 18.9 Å². The lowest BCUT2D eigenvalue weighted by molar-refractivity contribution is -0.0349. The summed E-state index contributed by atoms with van der Waals surface area (Å²) in [6, 6.07) is 6.45. The molecule has 0 spiro atoms. The maximum Gasteiger partial charge on any atom is 0.250 e. The van der Waals surface area contributed by atoms with Crippen molar-refractivity contribution in [2.45, 2.75) is 25.5 Å². The van der Waals surface area contributed by atoms with E-state index < -0.39 is 0 Å². The second kappa shape index (κ2) is 8.22. The Labute approximate surface area is 145 Å². The Morgan fingerprint density at radius 2 is 2.32 bits per heavy atom. The lowest BCUT2D eigenvalue weighted by Gasteiger charge is -2.33. The third kappa shape index (κ3) is 4.87. The first kappa shape index (κ1) is 17.6. The molecule has 2 heterocycles. The number of hydrogen-bond donors (Lipinski definition) is 1. The van der Waals surface area contributed by atoms with Crippen LogP contribution in [0.2, 0.25) is 0 Å². The molecule has 1 aliphatic heterocycles. The van der Waals surface area contributed by atoms with Gasteiger partial charge in [0.05, 0.1) is 26.1 Å². The van der Waals surface area contributed by atoms with Gasteiger partial charge in [0.25, 0.3) is 5.56 Å². The Kier molecular flexibility index (Phi) is 5.78. The number of aryl methyl sites for hydroxylation is 1. The van der Waals surface area contributed by atoms with Crippen LogP contribution in [0.15, 0.2) is 35.4 Å². The highest BCUT2D eigenvalue weighted by Gasteiger charge is 2.21. The Morgan fingerprint density at radius 3 is 3.08 bits per heavy atom. The average Bonchev–Trinajstić information content (AvgIpc) is 2.62. The van der Waals surface area contributed by atoms with E-state index in [1.54, 1.807) is 12.1 Å². The van der Waals surface area contributed by atoms with Crippen LogP contribution in [0.3, 0.4) is 0 Å². The zero-order valence-electron chi connectivity index (χ0n) is 14.2. The number of aromatic amines is 1. The highest BCUT2D eigenvalue weighted by Crippen LogP contribution is 2.19. The smallest absolute Gasteiger partial charge is 0.250 e. The highest BCUT2D eigenvalue weighted by atomic mass is 19.1. The standard InChI is InChI=1S/C18H22FN3O3/c1-24-15-4-2-13(17(19)9-15)10-22-6-7-25-16(11-22)5-3-14-8-18(23)21-12-20-14/h2,4,8-9,12,16H,3,5-7,10-11H2,1H3,(H,20,21,23). The molecule has 6 nitrogen and oxygen atoms in total. The number of methoxy groups -OCH3 is 1. The zero-order valence-corrected chi connectivity index (χ0v) is 14.2. The second-order valence-electron chi connectivity index (χ2n) is 6.13. The van der Waals surface area contributed by atoms with Crippen molar-refractivity contribution in [3.63, 3.8) is 0 Å². The largest absolute Gasteiger partial charge is 0.497 e. The van der Waals surface area contributed by atoms with Gasteiger partial charge in [0.2, 0.25) is 0 Å². The van der Waals surface area contributed by atoms with Crippen LogP contribution in [0.25, 0.3) is 0 Å². The summed E-state index contributed by atoms with van der Waals surface area (Å²) < 4.78 is 24.9. The number of nitrogens with one attached hydrogen (secondary N) is 1. The van der Waals surface area contributed by atoms with Crippen LogP contribution in [0.1, 0.15) is 17.7 Å². The first-order valence-electron chi connectivity index (χ1n) is 8.34. The third-order valence-corrected chi connectivity index (χ3v) is 4.33. The molecule has 0 radical (unpaired) electrons. The molecule has 0 bridgehead atoms. The number of hydrogen-bond acceptors (Lipinski definition) is 5. The molecule has 25 heavy (non-hydrogen) atoms. The predicted molar refractivity (Wildman–Crippen MR) is 91.1 cm³/mol. The lowest BCUT2D eigenvalue weighted by atomic mass is 10.1. The Bertz CT molecular complexity index is 765. The van der Waals surface area contributed by atoms with E-state index in [0.717, 1.165) is 25.2 Å². The SMILES string of the molecule is COc1ccc(CN2CCOC(CCc3cc(=O)[nH]cn3)C2)c(F)c1. The fraction of sp³-hybridized carbons (Fsp3) is 0.444. The summed E-state index contributed by atoms with van der Waals surface area (Å²) in [5, 5.41) is 0. The lowest BCUT2D eigenvalue weighted by Crippen LogP contribution is -2.42. The predicted octanol–water partition coefficient (Wildman–Crippen LogP) is 1.75. The molecule has 1 unspecified atom stereocenters. The fourth-order valence-corrected chi connectivity index (χ4v) is 2.98. The van der Waals surface area contributed by atoms with Crippen LogP contribution in [-0.2, 0) is 17.7 Å². The van der Waals surface area contributed by atoms with Crippen molar-refractivity contribution in [2.24, 2.45) is 0 Å². The first-order valence-corrected chi connectivity index (χ1v) is 8.34. The van der Waals surface area contributed by atoms with Gasteiger partial charge in [-0.15, -0.1) is 0 Å². The molecule has 0 amide bonds. The van der Waals surface area contributed by atoms with Gasteiger partial charge < -0.3 is 14.5 Å². The molecule has 134 valence electrons. The summed E-state index contributed by atoms with van der Waals surface area (Å²) in [4.78, 5) is 20.1. The molecule has 1 aromatic carbocycles. The Balaban J connectivity index is 1.55. The highest BCUT2D eigenvalue weighted by molar-refractivity contribution is 5.28. The Hall–Kier alpha value is -2.25. The number of morpholine rings is 1. The van der Waals surface area contributed by atoms with Gasteiger partial charge in [0, 0.05) is 43.0 Å². The van der Waals surface area contributed by atoms with Crippen molar-refractivity contribution >= 4 is 0 Å². The molecule has 0 saturated carbocycles. The van der Waals surface area contributed by atoms with Crippen LogP contribution in [-0.4, -0.2) is 47.8 Å². The minimum Gasteiger partial charge on any atom is -0.497 e. The minimum absolute atomic E-state index is 0.0520. The van der Waals surface area contributed by atoms with Crippen LogP contribution < -0.4 is 10.3 Å². The van der Waals surface area contributed by atoms with Gasteiger partial charge in [-0.25, -0.2) is 9.37 Å². The maximum atomic E-state index is 14.1. The number of halogens is 1. The molecular weight excluding hydrogens is 325 g/mol. The van der Waals surface area contributed by atoms with Crippen LogP contribution >= 0.6 is 0 Å². The van der Waals surface area contributed by atoms with Crippen molar-refractivity contribution in [3.05, 3.63) is 58.0 Å². The summed E-state index contributed by atoms with van der Waals surface area (Å²) in [7, 11) is 1.52. The van der Waals surface area contributed by atoms with Gasteiger partial charge in [-0.2, -0.15) is 0 Å². The van der Waals surface area contributed by atoms with Crippen LogP contribution in [0.4, 0.5) is 4.39 Å². The summed E-state index contributed by atoms with van der Waals surface area (Å²) >= 11 is 0. The van der Waals surface area contributed by atoms with E-state index in [9.17, 15) is 9.18 Å². The molecule has 1 aliphatic rings. The summed E-state index contributed by atoms with van der Waals surface area (Å²) in [5.41, 5.74) is 1.26. The molecule has 1 fully saturated rings. The van der Waals surface area contributed by atoms with Crippen LogP contribution in [0, 0.1) is 5.82 Å². The van der Waals surface area contributed by atoms with Crippen molar-refractivity contribution in [3.8, 4) is 5.75 Å². The molecule has 1 N–H and O–H groups in total. The first-order chi connectivity index (χ1) is 12.1. The summed E-state index contributed by atoms with van der Waals surface area (Å²) in [6.45, 7) is 2.66. The Morgan fingerprint density at radius 1 is 1.44 bits per heavy atom. The van der Waals surface area contributed by atoms with Gasteiger partial charge in [-0.1, -0.05) is 6.07 Å².